The fourth-order valence-electron chi connectivity index (χ4n) is 0.956. The normalized spacial score (nSPS) is 18.2. The van der Waals surface area contributed by atoms with E-state index in [9.17, 15) is 0 Å². The maximum absolute atomic E-state index is 5.56. The van der Waals surface area contributed by atoms with E-state index in [1.165, 1.54) is 17.7 Å². The largest absolute Gasteiger partial charge is 0.391 e. The zero-order valence-electron chi connectivity index (χ0n) is 5.13. The van der Waals surface area contributed by atoms with E-state index < -0.39 is 0 Å². The summed E-state index contributed by atoms with van der Waals surface area (Å²) in [4.78, 5) is 1.48. The summed E-state index contributed by atoms with van der Waals surface area (Å²) in [5.74, 6) is 0.868. The Balaban J connectivity index is 2.28. The minimum Gasteiger partial charge on any atom is -0.391 e. The maximum atomic E-state index is 5.56. The molecule has 0 bridgehead atoms. The summed E-state index contributed by atoms with van der Waals surface area (Å²) in [5.41, 5.74) is 5.56. The number of hydrogen-bond donors (Lipinski definition) is 1. The minimum atomic E-state index is 0.868. The zero-order valence-corrected chi connectivity index (χ0v) is 5.95. The Bertz CT molecular complexity index is 212. The van der Waals surface area contributed by atoms with Gasteiger partial charge in [-0.1, -0.05) is 0 Å². The van der Waals surface area contributed by atoms with Crippen molar-refractivity contribution in [3.05, 3.63) is 17.0 Å². The molecule has 1 fully saturated rings. The van der Waals surface area contributed by atoms with Gasteiger partial charge in [0.25, 0.3) is 0 Å². The number of anilines is 1. The second-order valence-electron chi connectivity index (χ2n) is 2.51. The molecule has 2 heteroatoms. The molecule has 48 valence electrons. The molecule has 1 aromatic rings. The van der Waals surface area contributed by atoms with Gasteiger partial charge in [-0.25, -0.2) is 0 Å². The Morgan fingerprint density at radius 1 is 1.44 bits per heavy atom. The SMILES string of the molecule is Nc1ccc(C2CC2)s1. The van der Waals surface area contributed by atoms with Crippen LogP contribution in [0.15, 0.2) is 12.1 Å². The molecule has 1 aromatic heterocycles. The van der Waals surface area contributed by atoms with Crippen LogP contribution in [-0.2, 0) is 0 Å². The first kappa shape index (κ1) is 5.30. The van der Waals surface area contributed by atoms with Crippen LogP contribution in [0.3, 0.4) is 0 Å². The maximum Gasteiger partial charge on any atom is 0.0859 e. The highest BCUT2D eigenvalue weighted by molar-refractivity contribution is 7.16. The van der Waals surface area contributed by atoms with Gasteiger partial charge in [-0.3, -0.25) is 0 Å². The van der Waals surface area contributed by atoms with E-state index in [0.29, 0.717) is 0 Å². The van der Waals surface area contributed by atoms with Gasteiger partial charge >= 0.3 is 0 Å². The zero-order chi connectivity index (χ0) is 6.27. The van der Waals surface area contributed by atoms with Crippen LogP contribution in [0.25, 0.3) is 0 Å². The fourth-order valence-corrected chi connectivity index (χ4v) is 1.90. The van der Waals surface area contributed by atoms with Crippen LogP contribution in [0.5, 0.6) is 0 Å². The summed E-state index contributed by atoms with van der Waals surface area (Å²) < 4.78 is 0. The second kappa shape index (κ2) is 1.74. The summed E-state index contributed by atoms with van der Waals surface area (Å²) in [6.07, 6.45) is 2.75. The molecule has 1 heterocycles. The Morgan fingerprint density at radius 2 is 2.22 bits per heavy atom. The first-order chi connectivity index (χ1) is 4.36. The number of thiophene rings is 1. The van der Waals surface area contributed by atoms with Gasteiger partial charge < -0.3 is 5.73 Å². The van der Waals surface area contributed by atoms with Gasteiger partial charge in [0.2, 0.25) is 0 Å². The molecule has 9 heavy (non-hydrogen) atoms. The first-order valence-electron chi connectivity index (χ1n) is 3.21. The number of nitrogens with two attached hydrogens (primary N) is 1. The molecule has 0 unspecified atom stereocenters. The van der Waals surface area contributed by atoms with E-state index in [1.54, 1.807) is 11.3 Å². The van der Waals surface area contributed by atoms with Crippen LogP contribution in [-0.4, -0.2) is 0 Å². The van der Waals surface area contributed by atoms with E-state index in [4.69, 9.17) is 5.73 Å². The molecule has 0 radical (unpaired) electrons. The molecule has 0 aliphatic heterocycles. The lowest BCUT2D eigenvalue weighted by atomic mass is 10.3. The van der Waals surface area contributed by atoms with E-state index in [2.05, 4.69) is 6.07 Å². The van der Waals surface area contributed by atoms with E-state index in [0.717, 1.165) is 10.9 Å². The molecule has 0 saturated heterocycles. The Morgan fingerprint density at radius 3 is 2.67 bits per heavy atom. The highest BCUT2D eigenvalue weighted by atomic mass is 32.1. The molecule has 0 spiro atoms. The van der Waals surface area contributed by atoms with Gasteiger partial charge in [0, 0.05) is 4.88 Å². The Hall–Kier alpha value is -0.500. The van der Waals surface area contributed by atoms with Gasteiger partial charge in [-0.15, -0.1) is 11.3 Å². The van der Waals surface area contributed by atoms with Crippen molar-refractivity contribution in [1.82, 2.24) is 0 Å². The molecule has 1 nitrogen and oxygen atoms in total. The number of nitrogen functional groups attached to an aromatic ring is 1. The summed E-state index contributed by atoms with van der Waals surface area (Å²) in [5, 5.41) is 0.955. The summed E-state index contributed by atoms with van der Waals surface area (Å²) >= 11 is 1.74. The molecular weight excluding hydrogens is 130 g/mol. The third-order valence-electron chi connectivity index (χ3n) is 1.63. The average Bonchev–Trinajstić information content (AvgIpc) is 2.58. The Kier molecular flexibility index (Phi) is 1.02. The van der Waals surface area contributed by atoms with E-state index >= 15 is 0 Å². The van der Waals surface area contributed by atoms with Crippen molar-refractivity contribution >= 4 is 16.3 Å². The van der Waals surface area contributed by atoms with Crippen molar-refractivity contribution in [2.75, 3.05) is 5.73 Å². The molecule has 1 aliphatic rings. The van der Waals surface area contributed by atoms with Crippen molar-refractivity contribution in [2.24, 2.45) is 0 Å². The number of rotatable bonds is 1. The van der Waals surface area contributed by atoms with Crippen LogP contribution < -0.4 is 5.73 Å². The smallest absolute Gasteiger partial charge is 0.0859 e. The third-order valence-corrected chi connectivity index (χ3v) is 2.70. The molecule has 2 N–H and O–H groups in total. The lowest BCUT2D eigenvalue weighted by Crippen LogP contribution is -1.72. The van der Waals surface area contributed by atoms with Gasteiger partial charge in [0.05, 0.1) is 5.00 Å². The highest BCUT2D eigenvalue weighted by Gasteiger charge is 2.24. The Labute approximate surface area is 58.5 Å². The third kappa shape index (κ3) is 0.944. The van der Waals surface area contributed by atoms with Crippen molar-refractivity contribution in [2.45, 2.75) is 18.8 Å². The standard InChI is InChI=1S/C7H9NS/c8-7-4-3-6(9-7)5-1-2-5/h3-5H,1-2,8H2. The van der Waals surface area contributed by atoms with E-state index in [-0.39, 0.29) is 0 Å². The van der Waals surface area contributed by atoms with Gasteiger partial charge in [0.15, 0.2) is 0 Å². The lowest BCUT2D eigenvalue weighted by Gasteiger charge is -1.83. The minimum absolute atomic E-state index is 0.868. The van der Waals surface area contributed by atoms with Crippen LogP contribution in [0, 0.1) is 0 Å². The summed E-state index contributed by atoms with van der Waals surface area (Å²) in [7, 11) is 0. The summed E-state index contributed by atoms with van der Waals surface area (Å²) in [6, 6.07) is 4.15. The van der Waals surface area contributed by atoms with Crippen molar-refractivity contribution in [3.63, 3.8) is 0 Å². The molecule has 0 atom stereocenters. The van der Waals surface area contributed by atoms with Crippen LogP contribution in [0.2, 0.25) is 0 Å². The topological polar surface area (TPSA) is 26.0 Å². The lowest BCUT2D eigenvalue weighted by molar-refractivity contribution is 1.18. The molecular formula is C7H9NS. The van der Waals surface area contributed by atoms with Crippen LogP contribution in [0.4, 0.5) is 5.00 Å². The molecule has 0 aromatic carbocycles. The monoisotopic (exact) mass is 139 g/mol. The molecule has 1 aliphatic carbocycles. The molecule has 1 saturated carbocycles. The highest BCUT2D eigenvalue weighted by Crippen LogP contribution is 2.43. The molecule has 2 rings (SSSR count). The predicted octanol–water partition coefficient (Wildman–Crippen LogP) is 2.21. The van der Waals surface area contributed by atoms with Gasteiger partial charge in [-0.2, -0.15) is 0 Å². The average molecular weight is 139 g/mol. The predicted molar refractivity (Wildman–Crippen MR) is 40.7 cm³/mol. The van der Waals surface area contributed by atoms with E-state index in [1.807, 2.05) is 6.07 Å². The summed E-state index contributed by atoms with van der Waals surface area (Å²) in [6.45, 7) is 0. The number of hydrogen-bond acceptors (Lipinski definition) is 2. The quantitative estimate of drug-likeness (QED) is 0.634. The van der Waals surface area contributed by atoms with Gasteiger partial charge in [-0.05, 0) is 30.9 Å². The fraction of sp³-hybridized carbons (Fsp3) is 0.429. The van der Waals surface area contributed by atoms with Crippen molar-refractivity contribution < 1.29 is 0 Å². The first-order valence-corrected chi connectivity index (χ1v) is 4.03. The van der Waals surface area contributed by atoms with Gasteiger partial charge in [0.1, 0.15) is 0 Å². The van der Waals surface area contributed by atoms with Crippen molar-refractivity contribution in [1.29, 1.82) is 0 Å². The van der Waals surface area contributed by atoms with Crippen molar-refractivity contribution in [3.8, 4) is 0 Å². The van der Waals surface area contributed by atoms with Crippen LogP contribution >= 0.6 is 11.3 Å². The second-order valence-corrected chi connectivity index (χ2v) is 3.66. The van der Waals surface area contributed by atoms with Crippen LogP contribution in [0.1, 0.15) is 23.6 Å². The molecule has 0 amide bonds.